The van der Waals surface area contributed by atoms with Gasteiger partial charge >= 0.3 is 0 Å². The van der Waals surface area contributed by atoms with Gasteiger partial charge in [0.05, 0.1) is 6.61 Å². The van der Waals surface area contributed by atoms with Crippen LogP contribution in [0.5, 0.6) is 5.75 Å². The minimum atomic E-state index is 0.0916. The van der Waals surface area contributed by atoms with Crippen LogP contribution in [0.2, 0.25) is 0 Å². The Balaban J connectivity index is 1.76. The molecule has 1 aromatic carbocycles. The first kappa shape index (κ1) is 14.1. The summed E-state index contributed by atoms with van der Waals surface area (Å²) in [5.74, 6) is 1.47. The van der Waals surface area contributed by atoms with E-state index in [0.717, 1.165) is 24.5 Å². The smallest absolute Gasteiger partial charge is 0.159 e. The van der Waals surface area contributed by atoms with Gasteiger partial charge in [-0.3, -0.25) is 4.79 Å². The lowest BCUT2D eigenvalue weighted by Crippen LogP contribution is -2.28. The number of nitrogens with zero attached hydrogens (tertiary/aromatic N) is 1. The maximum Gasteiger partial charge on any atom is 0.159 e. The van der Waals surface area contributed by atoms with Crippen LogP contribution in [-0.4, -0.2) is 36.9 Å². The fourth-order valence-electron chi connectivity index (χ4n) is 2.48. The predicted octanol–water partition coefficient (Wildman–Crippen LogP) is 3.00. The lowest BCUT2D eigenvalue weighted by molar-refractivity contribution is 0.101. The van der Waals surface area contributed by atoms with E-state index in [9.17, 15) is 4.79 Å². The molecule has 3 heteroatoms. The summed E-state index contributed by atoms with van der Waals surface area (Å²) >= 11 is 0. The Morgan fingerprint density at radius 1 is 1.26 bits per heavy atom. The van der Waals surface area contributed by atoms with Crippen LogP contribution in [0.4, 0.5) is 0 Å². The zero-order valence-corrected chi connectivity index (χ0v) is 11.9. The fraction of sp³-hybridized carbons (Fsp3) is 0.562. The second-order valence-electron chi connectivity index (χ2n) is 5.50. The topological polar surface area (TPSA) is 29.5 Å². The van der Waals surface area contributed by atoms with Gasteiger partial charge in [-0.1, -0.05) is 6.92 Å². The molecule has 1 aliphatic heterocycles. The van der Waals surface area contributed by atoms with E-state index in [1.165, 1.54) is 25.9 Å². The van der Waals surface area contributed by atoms with Gasteiger partial charge < -0.3 is 9.64 Å². The molecule has 0 radical (unpaired) electrons. The van der Waals surface area contributed by atoms with E-state index in [2.05, 4.69) is 11.8 Å². The van der Waals surface area contributed by atoms with Gasteiger partial charge in [0.25, 0.3) is 0 Å². The maximum atomic E-state index is 11.2. The average Bonchev–Trinajstić information content (AvgIpc) is 2.89. The normalized spacial score (nSPS) is 17.4. The first-order chi connectivity index (χ1) is 9.15. The number of rotatable bonds is 6. The van der Waals surface area contributed by atoms with Crippen molar-refractivity contribution in [3.63, 3.8) is 0 Å². The summed E-state index contributed by atoms with van der Waals surface area (Å²) < 4.78 is 5.77. The molecular weight excluding hydrogens is 238 g/mol. The number of benzene rings is 1. The lowest BCUT2D eigenvalue weighted by Gasteiger charge is -2.20. The van der Waals surface area contributed by atoms with E-state index >= 15 is 0 Å². The molecule has 1 fully saturated rings. The summed E-state index contributed by atoms with van der Waals surface area (Å²) in [6.07, 6.45) is 2.67. The van der Waals surface area contributed by atoms with Gasteiger partial charge in [-0.15, -0.1) is 0 Å². The molecular formula is C16H23NO2. The summed E-state index contributed by atoms with van der Waals surface area (Å²) in [6.45, 7) is 8.12. The van der Waals surface area contributed by atoms with E-state index in [1.807, 2.05) is 24.3 Å². The summed E-state index contributed by atoms with van der Waals surface area (Å²) in [5, 5.41) is 0. The van der Waals surface area contributed by atoms with Crippen LogP contribution in [0, 0.1) is 5.92 Å². The third-order valence-electron chi connectivity index (χ3n) is 3.56. The van der Waals surface area contributed by atoms with Crippen LogP contribution in [-0.2, 0) is 0 Å². The number of ether oxygens (including phenoxy) is 1. The highest BCUT2D eigenvalue weighted by Crippen LogP contribution is 2.15. The van der Waals surface area contributed by atoms with Crippen molar-refractivity contribution >= 4 is 5.78 Å². The van der Waals surface area contributed by atoms with Gasteiger partial charge in [-0.2, -0.15) is 0 Å². The number of ketones is 1. The minimum absolute atomic E-state index is 0.0916. The zero-order chi connectivity index (χ0) is 13.7. The molecule has 1 aromatic rings. The molecule has 1 unspecified atom stereocenters. The van der Waals surface area contributed by atoms with Crippen LogP contribution in [0.25, 0.3) is 0 Å². The summed E-state index contributed by atoms with van der Waals surface area (Å²) in [6, 6.07) is 7.39. The van der Waals surface area contributed by atoms with Gasteiger partial charge in [-0.05, 0) is 57.1 Å². The van der Waals surface area contributed by atoms with E-state index in [4.69, 9.17) is 4.74 Å². The van der Waals surface area contributed by atoms with Crippen molar-refractivity contribution in [3.8, 4) is 5.75 Å². The average molecular weight is 261 g/mol. The van der Waals surface area contributed by atoms with Crippen molar-refractivity contribution in [1.82, 2.24) is 4.90 Å². The second-order valence-corrected chi connectivity index (χ2v) is 5.50. The molecule has 19 heavy (non-hydrogen) atoms. The summed E-state index contributed by atoms with van der Waals surface area (Å²) in [5.41, 5.74) is 0.734. The van der Waals surface area contributed by atoms with Gasteiger partial charge in [0, 0.05) is 18.0 Å². The Kier molecular flexibility index (Phi) is 4.97. The van der Waals surface area contributed by atoms with Crippen LogP contribution in [0.15, 0.2) is 24.3 Å². The maximum absolute atomic E-state index is 11.2. The van der Waals surface area contributed by atoms with Gasteiger partial charge in [0.15, 0.2) is 5.78 Å². The predicted molar refractivity (Wildman–Crippen MR) is 76.8 cm³/mol. The Morgan fingerprint density at radius 2 is 1.89 bits per heavy atom. The summed E-state index contributed by atoms with van der Waals surface area (Å²) in [4.78, 5) is 13.7. The number of hydrogen-bond donors (Lipinski definition) is 0. The molecule has 0 N–H and O–H groups in total. The Hall–Kier alpha value is -1.35. The molecule has 0 saturated carbocycles. The molecule has 0 bridgehead atoms. The van der Waals surface area contributed by atoms with Crippen molar-refractivity contribution in [1.29, 1.82) is 0 Å². The van der Waals surface area contributed by atoms with Crippen molar-refractivity contribution in [2.75, 3.05) is 26.2 Å². The highest BCUT2D eigenvalue weighted by Gasteiger charge is 2.14. The first-order valence-corrected chi connectivity index (χ1v) is 7.11. The number of Topliss-reactive ketones (excluding diaryl/α,β-unsaturated/α-hetero) is 1. The van der Waals surface area contributed by atoms with Crippen LogP contribution in [0.3, 0.4) is 0 Å². The monoisotopic (exact) mass is 261 g/mol. The lowest BCUT2D eigenvalue weighted by atomic mass is 10.1. The summed E-state index contributed by atoms with van der Waals surface area (Å²) in [7, 11) is 0. The number of hydrogen-bond acceptors (Lipinski definition) is 3. The van der Waals surface area contributed by atoms with Gasteiger partial charge in [-0.25, -0.2) is 0 Å². The standard InChI is InChI=1S/C16H23NO2/c1-13(11-17-9-3-4-10-17)12-19-16-7-5-15(6-8-16)14(2)18/h5-8,13H,3-4,9-12H2,1-2H3. The van der Waals surface area contributed by atoms with Crippen LogP contribution in [0.1, 0.15) is 37.0 Å². The van der Waals surface area contributed by atoms with E-state index in [0.29, 0.717) is 5.92 Å². The molecule has 0 aromatic heterocycles. The third-order valence-corrected chi connectivity index (χ3v) is 3.56. The van der Waals surface area contributed by atoms with Crippen molar-refractivity contribution in [2.45, 2.75) is 26.7 Å². The number of carbonyl (C=O) groups is 1. The first-order valence-electron chi connectivity index (χ1n) is 7.11. The molecule has 1 heterocycles. The van der Waals surface area contributed by atoms with Crippen molar-refractivity contribution in [2.24, 2.45) is 5.92 Å². The molecule has 1 saturated heterocycles. The molecule has 0 spiro atoms. The Bertz CT molecular complexity index is 407. The minimum Gasteiger partial charge on any atom is -0.493 e. The fourth-order valence-corrected chi connectivity index (χ4v) is 2.48. The number of likely N-dealkylation sites (tertiary alicyclic amines) is 1. The molecule has 3 nitrogen and oxygen atoms in total. The number of carbonyl (C=O) groups excluding carboxylic acids is 1. The van der Waals surface area contributed by atoms with E-state index in [1.54, 1.807) is 6.92 Å². The zero-order valence-electron chi connectivity index (χ0n) is 11.9. The van der Waals surface area contributed by atoms with Gasteiger partial charge in [0.2, 0.25) is 0 Å². The Labute approximate surface area is 115 Å². The molecule has 0 amide bonds. The molecule has 1 atom stereocenters. The van der Waals surface area contributed by atoms with Crippen molar-refractivity contribution < 1.29 is 9.53 Å². The van der Waals surface area contributed by atoms with Crippen molar-refractivity contribution in [3.05, 3.63) is 29.8 Å². The third kappa shape index (κ3) is 4.35. The van der Waals surface area contributed by atoms with Crippen LogP contribution < -0.4 is 4.74 Å². The SMILES string of the molecule is CC(=O)c1ccc(OCC(C)CN2CCCC2)cc1. The van der Waals surface area contributed by atoms with Crippen LogP contribution >= 0.6 is 0 Å². The largest absolute Gasteiger partial charge is 0.493 e. The second kappa shape index (κ2) is 6.71. The molecule has 0 aliphatic carbocycles. The van der Waals surface area contributed by atoms with E-state index in [-0.39, 0.29) is 5.78 Å². The highest BCUT2D eigenvalue weighted by atomic mass is 16.5. The quantitative estimate of drug-likeness (QED) is 0.737. The highest BCUT2D eigenvalue weighted by molar-refractivity contribution is 5.94. The van der Waals surface area contributed by atoms with Gasteiger partial charge in [0.1, 0.15) is 5.75 Å². The molecule has 104 valence electrons. The molecule has 2 rings (SSSR count). The Morgan fingerprint density at radius 3 is 2.47 bits per heavy atom. The molecule has 1 aliphatic rings. The van der Waals surface area contributed by atoms with E-state index < -0.39 is 0 Å².